The minimum absolute atomic E-state index is 0.00338. The number of aromatic nitrogens is 3. The van der Waals surface area contributed by atoms with Crippen LogP contribution in [0.5, 0.6) is 11.9 Å². The van der Waals surface area contributed by atoms with Crippen LogP contribution in [0, 0.1) is 23.0 Å². The topological polar surface area (TPSA) is 113 Å². The lowest BCUT2D eigenvalue weighted by Gasteiger charge is -2.31. The fourth-order valence-electron chi connectivity index (χ4n) is 6.73. The Labute approximate surface area is 247 Å². The van der Waals surface area contributed by atoms with Gasteiger partial charge >= 0.3 is 6.01 Å². The van der Waals surface area contributed by atoms with E-state index < -0.39 is 30.6 Å². The van der Waals surface area contributed by atoms with Gasteiger partial charge in [0, 0.05) is 10.9 Å². The van der Waals surface area contributed by atoms with Gasteiger partial charge in [0.1, 0.15) is 52.5 Å². The van der Waals surface area contributed by atoms with Crippen molar-refractivity contribution in [1.29, 1.82) is 5.26 Å². The number of halogens is 4. The number of hydrogen-bond donors (Lipinski definition) is 1. The fourth-order valence-corrected chi connectivity index (χ4v) is 7.68. The molecule has 224 valence electrons. The number of pyridine rings is 1. The Morgan fingerprint density at radius 2 is 1.95 bits per heavy atom. The summed E-state index contributed by atoms with van der Waals surface area (Å²) in [5.74, 6) is -1.55. The van der Waals surface area contributed by atoms with Crippen LogP contribution in [0.4, 0.5) is 28.4 Å². The quantitative estimate of drug-likeness (QED) is 0.282. The molecule has 0 radical (unpaired) electrons. The maximum atomic E-state index is 16.7. The Balaban J connectivity index is 1.44. The van der Waals surface area contributed by atoms with Crippen LogP contribution in [0.25, 0.3) is 32.2 Å². The zero-order valence-corrected chi connectivity index (χ0v) is 24.0. The van der Waals surface area contributed by atoms with Gasteiger partial charge in [-0.1, -0.05) is 0 Å². The van der Waals surface area contributed by atoms with Crippen molar-refractivity contribution in [1.82, 2.24) is 19.9 Å². The smallest absolute Gasteiger partial charge is 0.319 e. The van der Waals surface area contributed by atoms with Crippen molar-refractivity contribution in [2.75, 3.05) is 43.5 Å². The lowest BCUT2D eigenvalue weighted by molar-refractivity contribution is 0.107. The third kappa shape index (κ3) is 4.39. The third-order valence-corrected chi connectivity index (χ3v) is 9.81. The first-order chi connectivity index (χ1) is 20.7. The van der Waals surface area contributed by atoms with Crippen molar-refractivity contribution in [3.8, 4) is 29.2 Å². The Kier molecular flexibility index (Phi) is 6.70. The zero-order valence-electron chi connectivity index (χ0n) is 23.2. The van der Waals surface area contributed by atoms with Gasteiger partial charge in [0.15, 0.2) is 5.82 Å². The predicted molar refractivity (Wildman–Crippen MR) is 154 cm³/mol. The molecule has 2 saturated heterocycles. The average Bonchev–Trinajstić information content (AvgIpc) is 3.64. The number of alkyl halides is 2. The fraction of sp³-hybridized carbons (Fsp3) is 0.448. The molecule has 4 aromatic rings. The van der Waals surface area contributed by atoms with Gasteiger partial charge in [0.2, 0.25) is 5.88 Å². The van der Waals surface area contributed by atoms with E-state index in [9.17, 15) is 18.4 Å². The lowest BCUT2D eigenvalue weighted by Crippen LogP contribution is -2.43. The molecule has 14 heteroatoms. The van der Waals surface area contributed by atoms with E-state index in [-0.39, 0.29) is 79.3 Å². The number of thiophene rings is 1. The van der Waals surface area contributed by atoms with E-state index in [0.717, 1.165) is 56.2 Å². The molecule has 6 heterocycles. The van der Waals surface area contributed by atoms with E-state index in [1.54, 1.807) is 6.92 Å². The molecule has 9 nitrogen and oxygen atoms in total. The van der Waals surface area contributed by atoms with Crippen LogP contribution < -0.4 is 20.1 Å². The number of ether oxygens (including phenoxy) is 2. The highest BCUT2D eigenvalue weighted by Crippen LogP contribution is 2.45. The van der Waals surface area contributed by atoms with E-state index in [2.05, 4.69) is 19.9 Å². The van der Waals surface area contributed by atoms with Crippen molar-refractivity contribution in [3.05, 3.63) is 29.3 Å². The molecular weight excluding hydrogens is 586 g/mol. The van der Waals surface area contributed by atoms with Crippen LogP contribution in [-0.2, 0) is 0 Å². The summed E-state index contributed by atoms with van der Waals surface area (Å²) in [5, 5.41) is 10.0. The summed E-state index contributed by atoms with van der Waals surface area (Å²) in [6.07, 6.45) is 1.28. The molecule has 2 N–H and O–H groups in total. The van der Waals surface area contributed by atoms with Crippen LogP contribution in [0.15, 0.2) is 12.1 Å². The maximum absolute atomic E-state index is 16.7. The Morgan fingerprint density at radius 1 is 1.19 bits per heavy atom. The number of fused-ring (bicyclic) bond motifs is 2. The van der Waals surface area contributed by atoms with Gasteiger partial charge in [0.25, 0.3) is 6.43 Å². The Hall–Kier alpha value is -3.96. The summed E-state index contributed by atoms with van der Waals surface area (Å²) in [5.41, 5.74) is 5.49. The summed E-state index contributed by atoms with van der Waals surface area (Å²) in [6.45, 7) is 3.21. The molecule has 0 amide bonds. The molecule has 43 heavy (non-hydrogen) atoms. The molecule has 2 fully saturated rings. The first-order valence-corrected chi connectivity index (χ1v) is 14.9. The number of nitrogens with zero attached hydrogens (tertiary/aromatic N) is 6. The molecular formula is C29H27F4N7O2S. The summed E-state index contributed by atoms with van der Waals surface area (Å²) in [4.78, 5) is 17.2. The van der Waals surface area contributed by atoms with Gasteiger partial charge in [0.05, 0.1) is 28.4 Å². The summed E-state index contributed by atoms with van der Waals surface area (Å²) in [6, 6.07) is 3.74. The maximum Gasteiger partial charge on any atom is 0.319 e. The predicted octanol–water partition coefficient (Wildman–Crippen LogP) is 5.50. The molecule has 3 aliphatic heterocycles. The number of rotatable bonds is 6. The third-order valence-electron chi connectivity index (χ3n) is 8.78. The first kappa shape index (κ1) is 27.8. The second kappa shape index (κ2) is 10.3. The van der Waals surface area contributed by atoms with Gasteiger partial charge in [-0.3, -0.25) is 4.90 Å². The number of hydrogen-bond acceptors (Lipinski definition) is 10. The SMILES string of the molecule is C[C@H]1COc2nc(-c3ccc(F)c4sc(N)c(C#N)c34)c(F)c3nc(OCC45CCCN4CCC5)nc(c23)N1CC(F)F. The van der Waals surface area contributed by atoms with E-state index in [1.165, 1.54) is 11.0 Å². The monoisotopic (exact) mass is 613 g/mol. The normalized spacial score (nSPS) is 19.6. The number of nitrogen functional groups attached to an aromatic ring is 1. The molecule has 1 atom stereocenters. The standard InChI is InChI=1S/C29H27F4N7O2S/c1-14-12-41-27-20-23(21(33)22(36-27)15-4-5-17(30)24-19(15)16(10-34)25(35)43-24)37-28(38-26(20)40(14)11-18(31)32)42-13-29-6-2-8-39(29)9-3-7-29/h4-5,14,18H,2-3,6-9,11-13,35H2,1H3/t14-/m0/s1. The number of benzene rings is 1. The largest absolute Gasteiger partial charge is 0.475 e. The Morgan fingerprint density at radius 3 is 2.67 bits per heavy atom. The van der Waals surface area contributed by atoms with Gasteiger partial charge in [-0.25, -0.2) is 22.5 Å². The van der Waals surface area contributed by atoms with Crippen LogP contribution in [0.3, 0.4) is 0 Å². The molecule has 0 saturated carbocycles. The van der Waals surface area contributed by atoms with Crippen LogP contribution in [-0.4, -0.2) is 70.7 Å². The first-order valence-electron chi connectivity index (χ1n) is 14.1. The van der Waals surface area contributed by atoms with Crippen molar-refractivity contribution in [2.24, 2.45) is 0 Å². The van der Waals surface area contributed by atoms with E-state index in [1.807, 2.05) is 6.07 Å². The summed E-state index contributed by atoms with van der Waals surface area (Å²) < 4.78 is 71.2. The molecule has 0 aliphatic carbocycles. The minimum Gasteiger partial charge on any atom is -0.475 e. The highest BCUT2D eigenvalue weighted by Gasteiger charge is 2.45. The molecule has 7 rings (SSSR count). The molecule has 3 aromatic heterocycles. The van der Waals surface area contributed by atoms with Crippen LogP contribution in [0.2, 0.25) is 0 Å². The van der Waals surface area contributed by atoms with Crippen molar-refractivity contribution >= 4 is 43.1 Å². The second-order valence-corrected chi connectivity index (χ2v) is 12.3. The molecule has 1 aromatic carbocycles. The van der Waals surface area contributed by atoms with E-state index in [4.69, 9.17) is 15.2 Å². The zero-order chi connectivity index (χ0) is 30.0. The van der Waals surface area contributed by atoms with Crippen molar-refractivity contribution < 1.29 is 27.0 Å². The molecule has 0 unspecified atom stereocenters. The van der Waals surface area contributed by atoms with Gasteiger partial charge in [-0.05, 0) is 57.8 Å². The van der Waals surface area contributed by atoms with Crippen molar-refractivity contribution in [3.63, 3.8) is 0 Å². The molecule has 0 spiro atoms. The highest BCUT2D eigenvalue weighted by atomic mass is 32.1. The van der Waals surface area contributed by atoms with Gasteiger partial charge < -0.3 is 20.1 Å². The molecule has 0 bridgehead atoms. The number of nitrogens with two attached hydrogens (primary N) is 1. The van der Waals surface area contributed by atoms with Crippen LogP contribution in [0.1, 0.15) is 38.2 Å². The summed E-state index contributed by atoms with van der Waals surface area (Å²) in [7, 11) is 0. The van der Waals surface area contributed by atoms with Crippen LogP contribution >= 0.6 is 11.3 Å². The lowest BCUT2D eigenvalue weighted by atomic mass is 9.95. The number of nitriles is 1. The Bertz CT molecular complexity index is 1800. The minimum atomic E-state index is -2.71. The van der Waals surface area contributed by atoms with E-state index >= 15 is 4.39 Å². The van der Waals surface area contributed by atoms with Crippen molar-refractivity contribution in [2.45, 2.75) is 50.6 Å². The number of anilines is 2. The van der Waals surface area contributed by atoms with Gasteiger partial charge in [-0.15, -0.1) is 11.3 Å². The summed E-state index contributed by atoms with van der Waals surface area (Å²) >= 11 is 0.881. The highest BCUT2D eigenvalue weighted by molar-refractivity contribution is 7.23. The molecule has 3 aliphatic rings. The van der Waals surface area contributed by atoms with Gasteiger partial charge in [-0.2, -0.15) is 15.2 Å². The average molecular weight is 614 g/mol. The second-order valence-electron chi connectivity index (χ2n) is 11.3. The van der Waals surface area contributed by atoms with E-state index in [0.29, 0.717) is 0 Å².